The van der Waals surface area contributed by atoms with E-state index < -0.39 is 58.6 Å². The van der Waals surface area contributed by atoms with E-state index in [2.05, 4.69) is 4.98 Å². The topological polar surface area (TPSA) is 177 Å². The Morgan fingerprint density at radius 1 is 1.19 bits per heavy atom. The number of hydrogen-bond acceptors (Lipinski definition) is 8. The van der Waals surface area contributed by atoms with E-state index in [4.69, 9.17) is 22.6 Å². The molecule has 2 amide bonds. The monoisotopic (exact) mass is 500 g/mol. The molecule has 0 aliphatic heterocycles. The van der Waals surface area contributed by atoms with Crippen LogP contribution in [0.15, 0.2) is 36.5 Å². The normalized spacial score (nSPS) is 12.1. The van der Waals surface area contributed by atoms with E-state index in [1.54, 1.807) is 29.6 Å². The lowest BCUT2D eigenvalue weighted by atomic mass is 10.1. The molecule has 2 aromatic rings. The number of carbonyl (C=O) groups is 2. The molecule has 170 valence electrons. The van der Waals surface area contributed by atoms with Crippen molar-refractivity contribution in [3.8, 4) is 6.19 Å². The maximum atomic E-state index is 12.9. The molecule has 0 aliphatic carbocycles. The summed E-state index contributed by atoms with van der Waals surface area (Å²) in [5.74, 6) is -2.24. The number of nitrogens with zero attached hydrogens (tertiary/aromatic N) is 3. The van der Waals surface area contributed by atoms with Crippen LogP contribution in [0.1, 0.15) is 26.4 Å². The Hall–Kier alpha value is -3.05. The first kappa shape index (κ1) is 25.2. The van der Waals surface area contributed by atoms with Crippen molar-refractivity contribution in [3.05, 3.63) is 58.4 Å². The number of benzene rings is 1. The molecule has 2 rings (SSSR count). The van der Waals surface area contributed by atoms with E-state index in [0.29, 0.717) is 10.6 Å². The standard InChI is InChI=1S/C18H18ClN5O6S2/c1-31(27,28)24(32(2,29)30,8-7-12-5-3-4-6-15(12)19)13-9-14(18(26)23-11-20)16(17(21)25)22-10-13/h3-6,9-10H,7-8H2,1-2H3,(H2-,21,23,25,26)/p+1. The number of carbonyl (C=O) groups excluding carboxylic acids is 2. The molecule has 0 aliphatic rings. The van der Waals surface area contributed by atoms with E-state index in [0.717, 1.165) is 24.8 Å². The van der Waals surface area contributed by atoms with Gasteiger partial charge in [0.05, 0.1) is 24.3 Å². The van der Waals surface area contributed by atoms with Crippen LogP contribution in [0.2, 0.25) is 5.02 Å². The number of quaternary nitrogens is 1. The third kappa shape index (κ3) is 4.73. The van der Waals surface area contributed by atoms with Crippen molar-refractivity contribution in [2.75, 3.05) is 19.1 Å². The van der Waals surface area contributed by atoms with Gasteiger partial charge in [0.2, 0.25) is 0 Å². The van der Waals surface area contributed by atoms with Gasteiger partial charge >= 0.3 is 20.0 Å². The van der Waals surface area contributed by atoms with Gasteiger partial charge in [-0.3, -0.25) is 14.9 Å². The molecule has 14 heteroatoms. The number of amides is 2. The summed E-state index contributed by atoms with van der Waals surface area (Å²) < 4.78 is 50.1. The lowest BCUT2D eigenvalue weighted by Crippen LogP contribution is -2.58. The fraction of sp³-hybridized carbons (Fsp3) is 0.222. The molecule has 1 heterocycles. The summed E-state index contributed by atoms with van der Waals surface area (Å²) in [4.78, 5) is 27.7. The van der Waals surface area contributed by atoms with Crippen LogP contribution >= 0.6 is 11.6 Å². The van der Waals surface area contributed by atoms with Gasteiger partial charge in [0.1, 0.15) is 12.2 Å². The highest BCUT2D eigenvalue weighted by Gasteiger charge is 2.51. The maximum Gasteiger partial charge on any atom is 0.313 e. The predicted molar refractivity (Wildman–Crippen MR) is 117 cm³/mol. The van der Waals surface area contributed by atoms with Crippen molar-refractivity contribution >= 4 is 49.1 Å². The minimum atomic E-state index is -4.45. The molecule has 0 unspecified atom stereocenters. The minimum Gasteiger partial charge on any atom is -0.364 e. The molecule has 0 radical (unpaired) electrons. The lowest BCUT2D eigenvalue weighted by molar-refractivity contribution is 0.0947. The van der Waals surface area contributed by atoms with E-state index in [1.165, 1.54) is 6.19 Å². The highest BCUT2D eigenvalue weighted by atomic mass is 35.5. The van der Waals surface area contributed by atoms with Crippen molar-refractivity contribution in [1.29, 1.82) is 5.26 Å². The zero-order valence-corrected chi connectivity index (χ0v) is 19.3. The molecule has 0 atom stereocenters. The second-order valence-electron chi connectivity index (χ2n) is 6.72. The molecule has 0 fully saturated rings. The first-order valence-corrected chi connectivity index (χ1v) is 12.9. The number of nitrogens with one attached hydrogen (secondary N) is 1. The average Bonchev–Trinajstić information content (AvgIpc) is 2.67. The number of halogens is 1. The summed E-state index contributed by atoms with van der Waals surface area (Å²) in [6.07, 6.45) is 3.58. The van der Waals surface area contributed by atoms with Crippen LogP contribution in [-0.2, 0) is 26.5 Å². The van der Waals surface area contributed by atoms with Crippen LogP contribution in [0.25, 0.3) is 0 Å². The number of aromatic nitrogens is 1. The van der Waals surface area contributed by atoms with Crippen LogP contribution in [0.3, 0.4) is 0 Å². The SMILES string of the molecule is CS(=O)(=O)[N+](CCc1ccccc1Cl)(c1cnc(C(N)=O)c(C(=O)NC#N)c1)S(C)(=O)=O. The average molecular weight is 501 g/mol. The summed E-state index contributed by atoms with van der Waals surface area (Å²) >= 11 is 6.13. The fourth-order valence-electron chi connectivity index (χ4n) is 3.19. The summed E-state index contributed by atoms with van der Waals surface area (Å²) in [6.45, 7) is -0.516. The number of nitrogens with two attached hydrogens (primary N) is 1. The first-order valence-electron chi connectivity index (χ1n) is 8.78. The van der Waals surface area contributed by atoms with Gasteiger partial charge in [0, 0.05) is 17.5 Å². The third-order valence-electron chi connectivity index (χ3n) is 4.62. The molecular weight excluding hydrogens is 482 g/mol. The predicted octanol–water partition coefficient (Wildman–Crippen LogP) is 0.514. The molecule has 1 aromatic heterocycles. The second kappa shape index (κ2) is 9.21. The summed E-state index contributed by atoms with van der Waals surface area (Å²) in [5.41, 5.74) is 4.15. The Morgan fingerprint density at radius 3 is 2.28 bits per heavy atom. The van der Waals surface area contributed by atoms with E-state index in [-0.39, 0.29) is 6.42 Å². The smallest absolute Gasteiger partial charge is 0.313 e. The van der Waals surface area contributed by atoms with Crippen molar-refractivity contribution in [1.82, 2.24) is 13.6 Å². The number of rotatable bonds is 8. The molecule has 11 nitrogen and oxygen atoms in total. The van der Waals surface area contributed by atoms with Gasteiger partial charge in [0.15, 0.2) is 11.9 Å². The number of sulfonamides is 2. The van der Waals surface area contributed by atoms with Crippen molar-refractivity contribution in [2.24, 2.45) is 5.73 Å². The minimum absolute atomic E-state index is 0.0723. The van der Waals surface area contributed by atoms with Gasteiger partial charge in [-0.05, 0) is 11.6 Å². The number of nitriles is 1. The highest BCUT2D eigenvalue weighted by Crippen LogP contribution is 2.33. The molecule has 0 saturated carbocycles. The van der Waals surface area contributed by atoms with E-state index in [9.17, 15) is 26.4 Å². The molecule has 0 bridgehead atoms. The van der Waals surface area contributed by atoms with Crippen LogP contribution in [0, 0.1) is 11.5 Å². The number of primary amides is 1. The Balaban J connectivity index is 2.82. The third-order valence-corrected chi connectivity index (χ3v) is 9.54. The van der Waals surface area contributed by atoms with Crippen molar-refractivity contribution < 1.29 is 26.4 Å². The van der Waals surface area contributed by atoms with Crippen LogP contribution in [0.4, 0.5) is 5.69 Å². The van der Waals surface area contributed by atoms with E-state index >= 15 is 0 Å². The Kier molecular flexibility index (Phi) is 7.26. The molecule has 1 aromatic carbocycles. The van der Waals surface area contributed by atoms with Gasteiger partial charge in [-0.15, -0.1) is 0 Å². The summed E-state index contributed by atoms with van der Waals surface area (Å²) in [7, 11) is -8.91. The quantitative estimate of drug-likeness (QED) is 0.299. The lowest BCUT2D eigenvalue weighted by Gasteiger charge is -2.32. The summed E-state index contributed by atoms with van der Waals surface area (Å²) in [6, 6.07) is 7.37. The van der Waals surface area contributed by atoms with Gasteiger partial charge in [-0.2, -0.15) is 22.1 Å². The van der Waals surface area contributed by atoms with Crippen molar-refractivity contribution in [2.45, 2.75) is 6.42 Å². The van der Waals surface area contributed by atoms with Gasteiger partial charge in [0.25, 0.3) is 11.8 Å². The highest BCUT2D eigenvalue weighted by molar-refractivity contribution is 8.06. The van der Waals surface area contributed by atoms with Crippen LogP contribution < -0.4 is 14.3 Å². The largest absolute Gasteiger partial charge is 0.364 e. The zero-order chi connectivity index (χ0) is 24.3. The number of hydrogen-bond donors (Lipinski definition) is 2. The first-order chi connectivity index (χ1) is 14.8. The zero-order valence-electron chi connectivity index (χ0n) is 16.9. The Labute approximate surface area is 190 Å². The van der Waals surface area contributed by atoms with Gasteiger partial charge in [-0.1, -0.05) is 33.1 Å². The number of pyridine rings is 1. The maximum absolute atomic E-state index is 12.9. The van der Waals surface area contributed by atoms with Crippen LogP contribution in [-0.4, -0.2) is 52.7 Å². The molecule has 32 heavy (non-hydrogen) atoms. The molecule has 3 N–H and O–H groups in total. The van der Waals surface area contributed by atoms with Gasteiger partial charge < -0.3 is 5.73 Å². The molecule has 0 saturated heterocycles. The summed E-state index contributed by atoms with van der Waals surface area (Å²) in [5, 5.41) is 10.8. The van der Waals surface area contributed by atoms with Crippen molar-refractivity contribution in [3.63, 3.8) is 0 Å². The Morgan fingerprint density at radius 2 is 1.78 bits per heavy atom. The Bertz CT molecular complexity index is 1300. The fourth-order valence-corrected chi connectivity index (χ4v) is 7.20. The van der Waals surface area contributed by atoms with Crippen LogP contribution in [0.5, 0.6) is 0 Å². The second-order valence-corrected chi connectivity index (χ2v) is 11.5. The molecule has 0 spiro atoms. The van der Waals surface area contributed by atoms with Gasteiger partial charge in [-0.25, -0.2) is 4.98 Å². The van der Waals surface area contributed by atoms with E-state index in [1.807, 2.05) is 0 Å². The molecular formula is C18H19ClN5O6S2+.